The standard InChI is InChI=1S/C39H35N4O5P/c1-40-38(47)29-17-23-34(24-18-29)49(32-13-7-3-8-14-32,33-15-9-4-10-16-33)27-37(46)41-30-19-21-31(22-20-30)42-39(48)35(43-36(45)26-44)25-28-11-5-2-6-12-28/h2-24,26-27,35H,25H2,1H3,(H4-,40,41,42,43,44,45,46,47,48)/b37-27-/t35-/m0/s1. The number of carbonyl (C=O) groups is 4. The van der Waals surface area contributed by atoms with Crippen LogP contribution >= 0.6 is 7.26 Å². The zero-order valence-electron chi connectivity index (χ0n) is 26.7. The fourth-order valence-corrected chi connectivity index (χ4v) is 9.13. The molecule has 0 heterocycles. The summed E-state index contributed by atoms with van der Waals surface area (Å²) in [6.07, 6.45) is 0.324. The summed E-state index contributed by atoms with van der Waals surface area (Å²) in [7, 11) is -1.09. The number of hydrogen-bond donors (Lipinski definition) is 4. The van der Waals surface area contributed by atoms with Crippen LogP contribution in [0.3, 0.4) is 0 Å². The highest BCUT2D eigenvalue weighted by molar-refractivity contribution is 7.98. The Morgan fingerprint density at radius 3 is 1.67 bits per heavy atom. The van der Waals surface area contributed by atoms with E-state index in [0.717, 1.165) is 21.5 Å². The van der Waals surface area contributed by atoms with Crippen LogP contribution in [0.5, 0.6) is 0 Å². The molecule has 0 aliphatic rings. The lowest BCUT2D eigenvalue weighted by molar-refractivity contribution is -0.299. The summed E-state index contributed by atoms with van der Waals surface area (Å²) in [6, 6.07) is 41.8. The number of anilines is 2. The first kappa shape index (κ1) is 34.3. The molecular formula is C39H35N4O5P. The quantitative estimate of drug-likeness (QED) is 0.0655. The van der Waals surface area contributed by atoms with E-state index >= 15 is 0 Å². The van der Waals surface area contributed by atoms with Crippen molar-refractivity contribution in [1.82, 2.24) is 10.6 Å². The molecule has 0 unspecified atom stereocenters. The second kappa shape index (κ2) is 16.2. The van der Waals surface area contributed by atoms with Crippen LogP contribution in [0.1, 0.15) is 15.9 Å². The summed E-state index contributed by atoms with van der Waals surface area (Å²) < 4.78 is 0. The summed E-state index contributed by atoms with van der Waals surface area (Å²) in [6.45, 7) is 0. The first-order valence-corrected chi connectivity index (χ1v) is 17.4. The van der Waals surface area contributed by atoms with E-state index < -0.39 is 25.1 Å². The van der Waals surface area contributed by atoms with Gasteiger partial charge in [0.1, 0.15) is 29.2 Å². The minimum Gasteiger partial charge on any atom is -0.858 e. The molecule has 5 rings (SSSR count). The number of aldehydes is 1. The Morgan fingerprint density at radius 2 is 1.16 bits per heavy atom. The molecule has 0 fully saturated rings. The van der Waals surface area contributed by atoms with Gasteiger partial charge in [0.15, 0.2) is 0 Å². The largest absolute Gasteiger partial charge is 0.858 e. The summed E-state index contributed by atoms with van der Waals surface area (Å²) in [5.74, 6) is -0.169. The highest BCUT2D eigenvalue weighted by Gasteiger charge is 2.43. The summed E-state index contributed by atoms with van der Waals surface area (Å²) in [5.41, 5.74) is 2.27. The Bertz CT molecular complexity index is 1880. The van der Waals surface area contributed by atoms with Gasteiger partial charge in [-0.15, -0.1) is 0 Å². The molecule has 0 aromatic heterocycles. The lowest BCUT2D eigenvalue weighted by Crippen LogP contribution is -2.45. The van der Waals surface area contributed by atoms with Gasteiger partial charge >= 0.3 is 0 Å². The average molecular weight is 671 g/mol. The predicted molar refractivity (Wildman–Crippen MR) is 193 cm³/mol. The SMILES string of the molecule is CNC(=O)c1ccc([P+](/C=C(\[O-])Nc2ccc(NC(=O)[C@H](Cc3ccccc3)NC(=O)C=O)cc2)(c2ccccc2)c2ccccc2)cc1. The van der Waals surface area contributed by atoms with Crippen LogP contribution in [0.15, 0.2) is 151 Å². The fraction of sp³-hybridized carbons (Fsp3) is 0.0769. The van der Waals surface area contributed by atoms with Crippen molar-refractivity contribution >= 4 is 58.6 Å². The minimum atomic E-state index is -2.67. The molecule has 1 atom stereocenters. The Morgan fingerprint density at radius 1 is 0.673 bits per heavy atom. The van der Waals surface area contributed by atoms with Crippen molar-refractivity contribution in [2.45, 2.75) is 12.5 Å². The third-order valence-electron chi connectivity index (χ3n) is 7.84. The molecule has 5 aromatic carbocycles. The molecule has 5 aromatic rings. The smallest absolute Gasteiger partial charge is 0.284 e. The van der Waals surface area contributed by atoms with Crippen LogP contribution in [0.4, 0.5) is 11.4 Å². The van der Waals surface area contributed by atoms with Crippen LogP contribution in [0, 0.1) is 0 Å². The van der Waals surface area contributed by atoms with E-state index in [1.54, 1.807) is 49.3 Å². The highest BCUT2D eigenvalue weighted by atomic mass is 31.2. The van der Waals surface area contributed by atoms with E-state index in [-0.39, 0.29) is 24.5 Å². The van der Waals surface area contributed by atoms with Gasteiger partial charge in [-0.25, -0.2) is 0 Å². The third kappa shape index (κ3) is 8.46. The summed E-state index contributed by atoms with van der Waals surface area (Å²) in [4.78, 5) is 48.3. The molecule has 9 nitrogen and oxygen atoms in total. The van der Waals surface area contributed by atoms with E-state index in [1.807, 2.05) is 103 Å². The van der Waals surface area contributed by atoms with Gasteiger partial charge in [0.05, 0.1) is 5.82 Å². The fourth-order valence-electron chi connectivity index (χ4n) is 5.47. The van der Waals surface area contributed by atoms with E-state index in [2.05, 4.69) is 21.3 Å². The lowest BCUT2D eigenvalue weighted by Gasteiger charge is -2.27. The minimum absolute atomic E-state index is 0.131. The van der Waals surface area contributed by atoms with Crippen LogP contribution in [-0.4, -0.2) is 37.1 Å². The van der Waals surface area contributed by atoms with Crippen molar-refractivity contribution in [3.8, 4) is 0 Å². The number of carbonyl (C=O) groups excluding carboxylic acids is 4. The van der Waals surface area contributed by atoms with Crippen molar-refractivity contribution < 1.29 is 24.3 Å². The lowest BCUT2D eigenvalue weighted by atomic mass is 10.1. The van der Waals surface area contributed by atoms with Gasteiger partial charge in [0, 0.05) is 30.4 Å². The van der Waals surface area contributed by atoms with E-state index in [4.69, 9.17) is 0 Å². The number of nitrogens with one attached hydrogen (secondary N) is 4. The molecule has 0 saturated heterocycles. The summed E-state index contributed by atoms with van der Waals surface area (Å²) in [5, 5.41) is 27.6. The maximum absolute atomic E-state index is 13.9. The van der Waals surface area contributed by atoms with Crippen molar-refractivity contribution in [3.63, 3.8) is 0 Å². The Labute approximate surface area is 285 Å². The number of benzene rings is 5. The molecule has 0 radical (unpaired) electrons. The highest BCUT2D eigenvalue weighted by Crippen LogP contribution is 2.57. The first-order chi connectivity index (χ1) is 23.8. The van der Waals surface area contributed by atoms with Crippen molar-refractivity contribution in [2.75, 3.05) is 17.7 Å². The van der Waals surface area contributed by atoms with Gasteiger partial charge < -0.3 is 26.4 Å². The van der Waals surface area contributed by atoms with Gasteiger partial charge in [-0.2, -0.15) is 0 Å². The zero-order chi connectivity index (χ0) is 34.6. The predicted octanol–water partition coefficient (Wildman–Crippen LogP) is 3.48. The Hall–Kier alpha value is -6.05. The second-order valence-corrected chi connectivity index (χ2v) is 14.3. The number of amides is 3. The van der Waals surface area contributed by atoms with Crippen molar-refractivity contribution in [2.24, 2.45) is 0 Å². The van der Waals surface area contributed by atoms with Gasteiger partial charge in [0.2, 0.25) is 12.2 Å². The molecule has 0 saturated carbocycles. The molecular weight excluding hydrogens is 635 g/mol. The van der Waals surface area contributed by atoms with Crippen molar-refractivity contribution in [3.05, 3.63) is 162 Å². The van der Waals surface area contributed by atoms with Gasteiger partial charge in [0.25, 0.3) is 11.8 Å². The average Bonchev–Trinajstić information content (AvgIpc) is 3.15. The molecule has 3 amide bonds. The normalized spacial score (nSPS) is 11.9. The van der Waals surface area contributed by atoms with Crippen molar-refractivity contribution in [1.29, 1.82) is 0 Å². The van der Waals surface area contributed by atoms with Gasteiger partial charge in [-0.05, 0) is 84.2 Å². The first-order valence-electron chi connectivity index (χ1n) is 15.5. The van der Waals surface area contributed by atoms with Crippen LogP contribution in [0.2, 0.25) is 0 Å². The topological polar surface area (TPSA) is 139 Å². The summed E-state index contributed by atoms with van der Waals surface area (Å²) >= 11 is 0. The van der Waals surface area contributed by atoms with Crippen LogP contribution < -0.4 is 42.3 Å². The molecule has 4 N–H and O–H groups in total. The second-order valence-electron chi connectivity index (χ2n) is 11.1. The zero-order valence-corrected chi connectivity index (χ0v) is 27.6. The third-order valence-corrected chi connectivity index (χ3v) is 11.8. The maximum Gasteiger partial charge on any atom is 0.284 e. The van der Waals surface area contributed by atoms with Gasteiger partial charge in [-0.1, -0.05) is 66.7 Å². The Balaban J connectivity index is 1.42. The van der Waals surface area contributed by atoms with E-state index in [9.17, 15) is 24.3 Å². The van der Waals surface area contributed by atoms with Gasteiger partial charge in [-0.3, -0.25) is 19.2 Å². The number of hydrogen-bond acceptors (Lipinski definition) is 6. The number of rotatable bonds is 13. The molecule has 0 aliphatic carbocycles. The maximum atomic E-state index is 13.9. The van der Waals surface area contributed by atoms with Crippen LogP contribution in [-0.2, 0) is 20.8 Å². The van der Waals surface area contributed by atoms with E-state index in [0.29, 0.717) is 16.9 Å². The Kier molecular flexibility index (Phi) is 11.3. The molecule has 0 spiro atoms. The van der Waals surface area contributed by atoms with E-state index in [1.165, 1.54) is 0 Å². The molecule has 49 heavy (non-hydrogen) atoms. The monoisotopic (exact) mass is 670 g/mol. The molecule has 246 valence electrons. The molecule has 0 aliphatic heterocycles. The van der Waals surface area contributed by atoms with Crippen LogP contribution in [0.25, 0.3) is 0 Å². The molecule has 10 heteroatoms. The molecule has 0 bridgehead atoms.